The maximum Gasteiger partial charge on any atom is 0.252 e. The molecule has 1 aromatic carbocycles. The molecule has 0 spiro atoms. The number of hydrogen-bond acceptors (Lipinski definition) is 7. The average molecular weight is 469 g/mol. The Hall–Kier alpha value is -2.78. The standard InChI is InChI=1S/C25H36N6O3/c1-17(2)23(24-27-28-29-31(24)12-13-33-3)30(20-8-6-5-7-9-20)16-19-14-18-10-11-21(34-4)15-22(18)26-25(19)32/h10-11,14-15,17,20,23H,5-9,12-13,16H2,1-4H3,(H,26,32)/t23-/m0/s1. The van der Waals surface area contributed by atoms with Crippen LogP contribution in [0.2, 0.25) is 0 Å². The Kier molecular flexibility index (Phi) is 7.95. The van der Waals surface area contributed by atoms with Gasteiger partial charge in [0.1, 0.15) is 5.75 Å². The molecule has 0 unspecified atom stereocenters. The normalized spacial score (nSPS) is 15.9. The van der Waals surface area contributed by atoms with Crippen LogP contribution in [0.3, 0.4) is 0 Å². The number of nitrogens with zero attached hydrogens (tertiary/aromatic N) is 5. The predicted octanol–water partition coefficient (Wildman–Crippen LogP) is 3.70. The van der Waals surface area contributed by atoms with Crippen molar-refractivity contribution in [2.24, 2.45) is 5.92 Å². The molecule has 184 valence electrons. The van der Waals surface area contributed by atoms with E-state index >= 15 is 0 Å². The lowest BCUT2D eigenvalue weighted by Gasteiger charge is -2.41. The van der Waals surface area contributed by atoms with Gasteiger partial charge in [0.05, 0.1) is 31.8 Å². The molecular formula is C25H36N6O3. The molecule has 1 aliphatic carbocycles. The number of aromatic nitrogens is 5. The van der Waals surface area contributed by atoms with Crippen LogP contribution in [-0.4, -0.2) is 57.0 Å². The largest absolute Gasteiger partial charge is 0.497 e. The van der Waals surface area contributed by atoms with Gasteiger partial charge in [-0.25, -0.2) is 4.68 Å². The molecule has 2 aromatic heterocycles. The zero-order valence-corrected chi connectivity index (χ0v) is 20.7. The first-order valence-corrected chi connectivity index (χ1v) is 12.2. The number of methoxy groups -OCH3 is 2. The first-order chi connectivity index (χ1) is 16.5. The van der Waals surface area contributed by atoms with E-state index in [-0.39, 0.29) is 17.5 Å². The monoisotopic (exact) mass is 468 g/mol. The number of aromatic amines is 1. The molecule has 9 nitrogen and oxygen atoms in total. The number of rotatable bonds is 10. The van der Waals surface area contributed by atoms with Crippen LogP contribution >= 0.6 is 0 Å². The lowest BCUT2D eigenvalue weighted by Crippen LogP contribution is -2.43. The first-order valence-electron chi connectivity index (χ1n) is 12.2. The summed E-state index contributed by atoms with van der Waals surface area (Å²) in [5.41, 5.74) is 1.47. The maximum absolute atomic E-state index is 13.2. The summed E-state index contributed by atoms with van der Waals surface area (Å²) in [5.74, 6) is 1.82. The molecule has 0 radical (unpaired) electrons. The van der Waals surface area contributed by atoms with Crippen LogP contribution in [0.15, 0.2) is 29.1 Å². The number of ether oxygens (including phenoxy) is 2. The number of nitrogens with one attached hydrogen (secondary N) is 1. The third kappa shape index (κ3) is 5.31. The van der Waals surface area contributed by atoms with Gasteiger partial charge >= 0.3 is 0 Å². The quantitative estimate of drug-likeness (QED) is 0.484. The second kappa shape index (κ2) is 11.1. The van der Waals surface area contributed by atoms with Crippen molar-refractivity contribution in [3.05, 3.63) is 46.0 Å². The number of fused-ring (bicyclic) bond motifs is 1. The van der Waals surface area contributed by atoms with Crippen molar-refractivity contribution < 1.29 is 9.47 Å². The van der Waals surface area contributed by atoms with Gasteiger partial charge in [-0.15, -0.1) is 5.10 Å². The van der Waals surface area contributed by atoms with Crippen molar-refractivity contribution in [1.29, 1.82) is 0 Å². The van der Waals surface area contributed by atoms with Crippen molar-refractivity contribution >= 4 is 10.9 Å². The molecule has 4 rings (SSSR count). The molecule has 0 amide bonds. The number of H-pyrrole nitrogens is 1. The third-order valence-electron chi connectivity index (χ3n) is 6.85. The van der Waals surface area contributed by atoms with E-state index in [0.29, 0.717) is 25.7 Å². The summed E-state index contributed by atoms with van der Waals surface area (Å²) >= 11 is 0. The molecule has 0 saturated heterocycles. The van der Waals surface area contributed by atoms with Crippen molar-refractivity contribution in [2.75, 3.05) is 20.8 Å². The van der Waals surface area contributed by atoms with Gasteiger partial charge in [0.15, 0.2) is 5.82 Å². The van der Waals surface area contributed by atoms with E-state index in [1.807, 2.05) is 28.9 Å². The predicted molar refractivity (Wildman–Crippen MR) is 131 cm³/mol. The summed E-state index contributed by atoms with van der Waals surface area (Å²) in [6.07, 6.45) is 5.90. The lowest BCUT2D eigenvalue weighted by atomic mass is 9.90. The Morgan fingerprint density at radius 3 is 2.68 bits per heavy atom. The highest BCUT2D eigenvalue weighted by atomic mass is 16.5. The highest BCUT2D eigenvalue weighted by Crippen LogP contribution is 2.35. The van der Waals surface area contributed by atoms with Crippen molar-refractivity contribution in [2.45, 2.75) is 71.1 Å². The van der Waals surface area contributed by atoms with E-state index in [2.05, 4.69) is 39.3 Å². The van der Waals surface area contributed by atoms with Gasteiger partial charge in [-0.1, -0.05) is 33.1 Å². The molecule has 2 heterocycles. The minimum Gasteiger partial charge on any atom is -0.497 e. The molecule has 1 saturated carbocycles. The topological polar surface area (TPSA) is 98.2 Å². The maximum atomic E-state index is 13.2. The van der Waals surface area contributed by atoms with Gasteiger partial charge in [-0.05, 0) is 52.8 Å². The van der Waals surface area contributed by atoms with Crippen LogP contribution in [0.4, 0.5) is 0 Å². The van der Waals surface area contributed by atoms with E-state index in [1.165, 1.54) is 19.3 Å². The van der Waals surface area contributed by atoms with E-state index in [9.17, 15) is 4.79 Å². The van der Waals surface area contributed by atoms with Crippen LogP contribution < -0.4 is 10.3 Å². The Labute approximate surface area is 200 Å². The van der Waals surface area contributed by atoms with E-state index in [4.69, 9.17) is 9.47 Å². The fourth-order valence-electron chi connectivity index (χ4n) is 5.12. The van der Waals surface area contributed by atoms with Gasteiger partial charge in [-0.2, -0.15) is 0 Å². The minimum absolute atomic E-state index is 0.0130. The Bertz CT molecular complexity index is 1140. The van der Waals surface area contributed by atoms with Crippen molar-refractivity contribution in [3.63, 3.8) is 0 Å². The number of hydrogen-bond donors (Lipinski definition) is 1. The zero-order chi connectivity index (χ0) is 24.1. The molecule has 1 N–H and O–H groups in total. The van der Waals surface area contributed by atoms with Crippen LogP contribution in [0.5, 0.6) is 5.75 Å². The summed E-state index contributed by atoms with van der Waals surface area (Å²) in [5, 5.41) is 13.7. The summed E-state index contributed by atoms with van der Waals surface area (Å²) in [7, 11) is 3.31. The van der Waals surface area contributed by atoms with E-state index in [0.717, 1.165) is 40.9 Å². The highest BCUT2D eigenvalue weighted by molar-refractivity contribution is 5.80. The van der Waals surface area contributed by atoms with Crippen LogP contribution in [-0.2, 0) is 17.8 Å². The van der Waals surface area contributed by atoms with Gasteiger partial charge in [0.25, 0.3) is 5.56 Å². The Morgan fingerprint density at radius 2 is 1.97 bits per heavy atom. The lowest BCUT2D eigenvalue weighted by molar-refractivity contribution is 0.0597. The molecule has 3 aromatic rings. The SMILES string of the molecule is COCCn1nnnc1[C@H](C(C)C)N(Cc1cc2ccc(OC)cc2[nH]c1=O)C1CCCCC1. The van der Waals surface area contributed by atoms with Gasteiger partial charge < -0.3 is 14.5 Å². The van der Waals surface area contributed by atoms with E-state index in [1.54, 1.807) is 14.2 Å². The fourth-order valence-corrected chi connectivity index (χ4v) is 5.12. The van der Waals surface area contributed by atoms with Crippen LogP contribution in [0.1, 0.15) is 63.4 Å². The van der Waals surface area contributed by atoms with Crippen LogP contribution in [0.25, 0.3) is 10.9 Å². The molecule has 34 heavy (non-hydrogen) atoms. The number of benzene rings is 1. The average Bonchev–Trinajstić information content (AvgIpc) is 3.30. The van der Waals surface area contributed by atoms with Gasteiger partial charge in [0.2, 0.25) is 0 Å². The van der Waals surface area contributed by atoms with Gasteiger partial charge in [-0.3, -0.25) is 9.69 Å². The molecule has 1 fully saturated rings. The summed E-state index contributed by atoms with van der Waals surface area (Å²) in [4.78, 5) is 18.7. The molecule has 1 aliphatic rings. The number of pyridine rings is 1. The molecule has 1 atom stereocenters. The highest BCUT2D eigenvalue weighted by Gasteiger charge is 2.34. The summed E-state index contributed by atoms with van der Waals surface area (Å²) < 4.78 is 12.4. The zero-order valence-electron chi connectivity index (χ0n) is 20.7. The second-order valence-corrected chi connectivity index (χ2v) is 9.48. The van der Waals surface area contributed by atoms with Gasteiger partial charge in [0, 0.05) is 31.3 Å². The number of tetrazole rings is 1. The minimum atomic E-state index is -0.0666. The van der Waals surface area contributed by atoms with Crippen molar-refractivity contribution in [3.8, 4) is 5.75 Å². The van der Waals surface area contributed by atoms with Crippen molar-refractivity contribution in [1.82, 2.24) is 30.1 Å². The summed E-state index contributed by atoms with van der Waals surface area (Å²) in [6, 6.07) is 8.14. The Morgan fingerprint density at radius 1 is 1.18 bits per heavy atom. The molecule has 0 aliphatic heterocycles. The Balaban J connectivity index is 1.73. The second-order valence-electron chi connectivity index (χ2n) is 9.48. The molecule has 0 bridgehead atoms. The first kappa shape index (κ1) is 24.3. The van der Waals surface area contributed by atoms with E-state index < -0.39 is 0 Å². The smallest absolute Gasteiger partial charge is 0.252 e. The fraction of sp³-hybridized carbons (Fsp3) is 0.600. The molecule has 9 heteroatoms. The summed E-state index contributed by atoms with van der Waals surface area (Å²) in [6.45, 7) is 6.08. The van der Waals surface area contributed by atoms with Crippen LogP contribution in [0, 0.1) is 5.92 Å². The third-order valence-corrected chi connectivity index (χ3v) is 6.85. The molecular weight excluding hydrogens is 432 g/mol.